The first-order chi connectivity index (χ1) is 13.3. The van der Waals surface area contributed by atoms with Crippen LogP contribution < -0.4 is 14.8 Å². The molecule has 2 aliphatic rings. The van der Waals surface area contributed by atoms with E-state index in [4.69, 9.17) is 9.47 Å². The lowest BCUT2D eigenvalue weighted by molar-refractivity contribution is 0.160. The Kier molecular flexibility index (Phi) is 5.95. The molecular formula is C23H30N2O2. The van der Waals surface area contributed by atoms with Gasteiger partial charge < -0.3 is 14.8 Å². The van der Waals surface area contributed by atoms with Gasteiger partial charge in [-0.3, -0.25) is 4.90 Å². The second kappa shape index (κ2) is 8.77. The predicted molar refractivity (Wildman–Crippen MR) is 108 cm³/mol. The third kappa shape index (κ3) is 4.82. The minimum atomic E-state index is 0.476. The van der Waals surface area contributed by atoms with Crippen molar-refractivity contribution in [2.45, 2.75) is 31.9 Å². The maximum Gasteiger partial charge on any atom is 0.161 e. The van der Waals surface area contributed by atoms with Gasteiger partial charge in [-0.25, -0.2) is 0 Å². The zero-order chi connectivity index (χ0) is 18.5. The number of piperazine rings is 1. The Hall–Kier alpha value is -2.04. The molecule has 0 spiro atoms. The Morgan fingerprint density at radius 2 is 1.81 bits per heavy atom. The van der Waals surface area contributed by atoms with Crippen molar-refractivity contribution in [3.8, 4) is 11.5 Å². The Morgan fingerprint density at radius 1 is 1.04 bits per heavy atom. The molecule has 1 saturated carbocycles. The number of benzene rings is 2. The van der Waals surface area contributed by atoms with Gasteiger partial charge in [0.1, 0.15) is 6.61 Å². The number of hydrogen-bond acceptors (Lipinski definition) is 4. The van der Waals surface area contributed by atoms with Gasteiger partial charge in [-0.1, -0.05) is 49.2 Å². The molecule has 4 heteroatoms. The standard InChI is InChI=1S/C23H30N2O2/c1-26-22-10-9-20(16-23(22)27-17-19-5-3-2-4-6-19)21(15-18-7-8-18)25-13-11-24-12-14-25/h2-6,9-10,16,18,21,24H,7-8,11-15,17H2,1H3/t21-/m1/s1. The summed E-state index contributed by atoms with van der Waals surface area (Å²) in [4.78, 5) is 2.64. The molecular weight excluding hydrogens is 336 g/mol. The molecule has 4 nitrogen and oxygen atoms in total. The lowest BCUT2D eigenvalue weighted by Crippen LogP contribution is -2.45. The van der Waals surface area contributed by atoms with Gasteiger partial charge in [-0.15, -0.1) is 0 Å². The summed E-state index contributed by atoms with van der Waals surface area (Å²) < 4.78 is 11.7. The molecule has 2 fully saturated rings. The lowest BCUT2D eigenvalue weighted by Gasteiger charge is -2.35. The maximum absolute atomic E-state index is 6.16. The average Bonchev–Trinajstić information content (AvgIpc) is 3.56. The normalized spacial score (nSPS) is 18.9. The van der Waals surface area contributed by atoms with Crippen LogP contribution in [-0.2, 0) is 6.61 Å². The Bertz CT molecular complexity index is 724. The molecule has 1 saturated heterocycles. The van der Waals surface area contributed by atoms with Gasteiger partial charge in [0, 0.05) is 32.2 Å². The van der Waals surface area contributed by atoms with Crippen LogP contribution in [0.4, 0.5) is 0 Å². The van der Waals surface area contributed by atoms with Gasteiger partial charge in [0.25, 0.3) is 0 Å². The predicted octanol–water partition coefficient (Wildman–Crippen LogP) is 4.02. The third-order valence-electron chi connectivity index (χ3n) is 5.66. The second-order valence-electron chi connectivity index (χ2n) is 7.67. The SMILES string of the molecule is COc1ccc([C@@H](CC2CC2)N2CCNCC2)cc1OCc1ccccc1. The smallest absolute Gasteiger partial charge is 0.161 e. The molecule has 1 aliphatic carbocycles. The van der Waals surface area contributed by atoms with Crippen LogP contribution in [0, 0.1) is 5.92 Å². The Morgan fingerprint density at radius 3 is 2.52 bits per heavy atom. The fourth-order valence-corrected chi connectivity index (χ4v) is 3.91. The Balaban J connectivity index is 1.54. The largest absolute Gasteiger partial charge is 0.493 e. The van der Waals surface area contributed by atoms with Crippen LogP contribution in [0.1, 0.15) is 36.4 Å². The molecule has 0 radical (unpaired) electrons. The summed E-state index contributed by atoms with van der Waals surface area (Å²) in [5, 5.41) is 3.47. The summed E-state index contributed by atoms with van der Waals surface area (Å²) in [6.07, 6.45) is 4.02. The van der Waals surface area contributed by atoms with Crippen molar-refractivity contribution in [1.82, 2.24) is 10.2 Å². The molecule has 2 aromatic rings. The quantitative estimate of drug-likeness (QED) is 0.765. The van der Waals surface area contributed by atoms with E-state index < -0.39 is 0 Å². The number of nitrogens with zero attached hydrogens (tertiary/aromatic N) is 1. The monoisotopic (exact) mass is 366 g/mol. The lowest BCUT2D eigenvalue weighted by atomic mass is 9.98. The van der Waals surface area contributed by atoms with Crippen molar-refractivity contribution in [1.29, 1.82) is 0 Å². The molecule has 1 atom stereocenters. The average molecular weight is 367 g/mol. The molecule has 0 amide bonds. The van der Waals surface area contributed by atoms with Gasteiger partial charge >= 0.3 is 0 Å². The minimum Gasteiger partial charge on any atom is -0.493 e. The molecule has 144 valence electrons. The maximum atomic E-state index is 6.16. The van der Waals surface area contributed by atoms with Gasteiger partial charge in [0.05, 0.1) is 7.11 Å². The summed E-state index contributed by atoms with van der Waals surface area (Å²) in [5.41, 5.74) is 2.52. The summed E-state index contributed by atoms with van der Waals surface area (Å²) in [5.74, 6) is 2.54. The number of hydrogen-bond donors (Lipinski definition) is 1. The zero-order valence-electron chi connectivity index (χ0n) is 16.2. The molecule has 0 bridgehead atoms. The molecule has 2 aromatic carbocycles. The van der Waals surface area contributed by atoms with E-state index in [1.807, 2.05) is 18.2 Å². The summed E-state index contributed by atoms with van der Waals surface area (Å²) in [7, 11) is 1.71. The summed E-state index contributed by atoms with van der Waals surface area (Å²) in [6.45, 7) is 4.94. The van der Waals surface area contributed by atoms with Gasteiger partial charge in [0.15, 0.2) is 11.5 Å². The van der Waals surface area contributed by atoms with Crippen molar-refractivity contribution in [3.63, 3.8) is 0 Å². The second-order valence-corrected chi connectivity index (χ2v) is 7.67. The highest BCUT2D eigenvalue weighted by Gasteiger charge is 2.30. The van der Waals surface area contributed by atoms with Crippen LogP contribution in [0.5, 0.6) is 11.5 Å². The number of ether oxygens (including phenoxy) is 2. The summed E-state index contributed by atoms with van der Waals surface area (Å²) >= 11 is 0. The van der Waals surface area contributed by atoms with Gasteiger partial charge in [0.2, 0.25) is 0 Å². The molecule has 27 heavy (non-hydrogen) atoms. The van der Waals surface area contributed by atoms with Crippen LogP contribution in [0.2, 0.25) is 0 Å². The number of methoxy groups -OCH3 is 1. The van der Waals surface area contributed by atoms with Crippen molar-refractivity contribution >= 4 is 0 Å². The molecule has 1 N–H and O–H groups in total. The van der Waals surface area contributed by atoms with E-state index in [-0.39, 0.29) is 0 Å². The van der Waals surface area contributed by atoms with E-state index in [1.54, 1.807) is 7.11 Å². The van der Waals surface area contributed by atoms with Crippen molar-refractivity contribution in [2.75, 3.05) is 33.3 Å². The van der Waals surface area contributed by atoms with Crippen molar-refractivity contribution < 1.29 is 9.47 Å². The van der Waals surface area contributed by atoms with E-state index >= 15 is 0 Å². The van der Waals surface area contributed by atoms with E-state index in [2.05, 4.69) is 40.5 Å². The topological polar surface area (TPSA) is 33.7 Å². The highest BCUT2D eigenvalue weighted by Crippen LogP contribution is 2.42. The molecule has 1 aliphatic heterocycles. The van der Waals surface area contributed by atoms with Crippen molar-refractivity contribution in [3.05, 3.63) is 59.7 Å². The highest BCUT2D eigenvalue weighted by molar-refractivity contribution is 5.44. The van der Waals surface area contributed by atoms with Crippen LogP contribution in [0.25, 0.3) is 0 Å². The first kappa shape index (κ1) is 18.3. The number of rotatable bonds is 8. The minimum absolute atomic E-state index is 0.476. The van der Waals surface area contributed by atoms with Gasteiger partial charge in [-0.2, -0.15) is 0 Å². The fourth-order valence-electron chi connectivity index (χ4n) is 3.91. The van der Waals surface area contributed by atoms with Crippen LogP contribution in [-0.4, -0.2) is 38.2 Å². The van der Waals surface area contributed by atoms with E-state index in [9.17, 15) is 0 Å². The molecule has 0 unspecified atom stereocenters. The van der Waals surface area contributed by atoms with Crippen LogP contribution in [0.15, 0.2) is 48.5 Å². The zero-order valence-corrected chi connectivity index (χ0v) is 16.2. The van der Waals surface area contributed by atoms with E-state index in [1.165, 1.54) is 30.4 Å². The van der Waals surface area contributed by atoms with Gasteiger partial charge in [-0.05, 0) is 35.6 Å². The van der Waals surface area contributed by atoms with E-state index in [0.29, 0.717) is 12.6 Å². The fraction of sp³-hybridized carbons (Fsp3) is 0.478. The molecule has 0 aromatic heterocycles. The van der Waals surface area contributed by atoms with Crippen LogP contribution >= 0.6 is 0 Å². The number of nitrogens with one attached hydrogen (secondary N) is 1. The van der Waals surface area contributed by atoms with E-state index in [0.717, 1.165) is 43.6 Å². The molecule has 4 rings (SSSR count). The Labute approximate surface area is 162 Å². The highest BCUT2D eigenvalue weighted by atomic mass is 16.5. The van der Waals surface area contributed by atoms with Crippen molar-refractivity contribution in [2.24, 2.45) is 5.92 Å². The first-order valence-electron chi connectivity index (χ1n) is 10.1. The molecule has 1 heterocycles. The third-order valence-corrected chi connectivity index (χ3v) is 5.66. The first-order valence-corrected chi connectivity index (χ1v) is 10.1. The van der Waals surface area contributed by atoms with Crippen LogP contribution in [0.3, 0.4) is 0 Å². The summed E-state index contributed by atoms with van der Waals surface area (Å²) in [6, 6.07) is 17.3.